The van der Waals surface area contributed by atoms with Crippen LogP contribution in [-0.4, -0.2) is 14.4 Å². The van der Waals surface area contributed by atoms with E-state index in [1.54, 1.807) is 0 Å². The molecule has 15 heavy (non-hydrogen) atoms. The average molecular weight is 268 g/mol. The molecule has 2 rings (SSSR count). The number of halogens is 1. The highest BCUT2D eigenvalue weighted by molar-refractivity contribution is 9.18. The van der Waals surface area contributed by atoms with Crippen molar-refractivity contribution >= 4 is 37.5 Å². The minimum absolute atomic E-state index is 0.255. The predicted octanol–water partition coefficient (Wildman–Crippen LogP) is 2.81. The molecule has 1 aromatic heterocycles. The van der Waals surface area contributed by atoms with E-state index < -0.39 is 0 Å². The van der Waals surface area contributed by atoms with Crippen molar-refractivity contribution in [1.82, 2.24) is 9.55 Å². The van der Waals surface area contributed by atoms with Crippen LogP contribution in [0.25, 0.3) is 11.0 Å². The monoisotopic (exact) mass is 267 g/mol. The highest BCUT2D eigenvalue weighted by Gasteiger charge is 2.05. The SMILES string of the molecule is Cc1nc2cc(NC(=O)Br)ccc2n1C. The number of rotatable bonds is 1. The van der Waals surface area contributed by atoms with Gasteiger partial charge in [0.25, 0.3) is 4.82 Å². The lowest BCUT2D eigenvalue weighted by atomic mass is 10.3. The summed E-state index contributed by atoms with van der Waals surface area (Å²) in [5.74, 6) is 0.951. The number of benzene rings is 1. The molecule has 0 bridgehead atoms. The number of carbonyl (C=O) groups is 1. The van der Waals surface area contributed by atoms with Crippen molar-refractivity contribution in [2.75, 3.05) is 5.32 Å². The number of nitrogens with zero attached hydrogens (tertiary/aromatic N) is 2. The standard InChI is InChI=1S/C10H10BrN3O/c1-6-12-8-5-7(13-10(11)15)3-4-9(8)14(6)2/h3-5H,1-2H3,(H,13,15). The first-order valence-electron chi connectivity index (χ1n) is 4.47. The molecule has 4 nitrogen and oxygen atoms in total. The van der Waals surface area contributed by atoms with Crippen LogP contribution in [0.15, 0.2) is 18.2 Å². The number of hydrogen-bond donors (Lipinski definition) is 1. The largest absolute Gasteiger partial charge is 0.331 e. The molecule has 0 radical (unpaired) electrons. The van der Waals surface area contributed by atoms with E-state index in [-0.39, 0.29) is 4.82 Å². The third-order valence-electron chi connectivity index (χ3n) is 2.35. The van der Waals surface area contributed by atoms with Gasteiger partial charge in [-0.2, -0.15) is 0 Å². The summed E-state index contributed by atoms with van der Waals surface area (Å²) in [5, 5.41) is 2.65. The zero-order valence-corrected chi connectivity index (χ0v) is 10.00. The fraction of sp³-hybridized carbons (Fsp3) is 0.200. The lowest BCUT2D eigenvalue weighted by Crippen LogP contribution is -1.99. The Hall–Kier alpha value is -1.36. The fourth-order valence-electron chi connectivity index (χ4n) is 1.51. The van der Waals surface area contributed by atoms with Crippen molar-refractivity contribution in [3.05, 3.63) is 24.0 Å². The van der Waals surface area contributed by atoms with E-state index in [1.165, 1.54) is 0 Å². The molecule has 0 spiro atoms. The van der Waals surface area contributed by atoms with Crippen LogP contribution >= 0.6 is 15.9 Å². The maximum Gasteiger partial charge on any atom is 0.291 e. The van der Waals surface area contributed by atoms with Crippen LogP contribution in [-0.2, 0) is 7.05 Å². The van der Waals surface area contributed by atoms with E-state index in [0.717, 1.165) is 22.5 Å². The van der Waals surface area contributed by atoms with Gasteiger partial charge in [-0.05, 0) is 25.1 Å². The first kappa shape index (κ1) is 10.2. The molecule has 0 atom stereocenters. The number of amides is 1. The summed E-state index contributed by atoms with van der Waals surface area (Å²) in [5.41, 5.74) is 2.68. The molecule has 1 N–H and O–H groups in total. The Kier molecular flexibility index (Phi) is 2.48. The van der Waals surface area contributed by atoms with Gasteiger partial charge in [-0.3, -0.25) is 4.79 Å². The first-order chi connectivity index (χ1) is 7.08. The quantitative estimate of drug-likeness (QED) is 0.638. The summed E-state index contributed by atoms with van der Waals surface area (Å²) in [6.07, 6.45) is 0. The number of fused-ring (bicyclic) bond motifs is 1. The van der Waals surface area contributed by atoms with Gasteiger partial charge in [0.1, 0.15) is 5.82 Å². The van der Waals surface area contributed by atoms with Crippen molar-refractivity contribution in [2.45, 2.75) is 6.92 Å². The second-order valence-corrected chi connectivity index (χ2v) is 4.04. The van der Waals surface area contributed by atoms with E-state index in [9.17, 15) is 4.79 Å². The van der Waals surface area contributed by atoms with Crippen LogP contribution in [0.1, 0.15) is 5.82 Å². The Labute approximate surface area is 95.4 Å². The maximum atomic E-state index is 10.8. The number of anilines is 1. The minimum Gasteiger partial charge on any atom is -0.331 e. The highest BCUT2D eigenvalue weighted by Crippen LogP contribution is 2.19. The molecule has 1 amide bonds. The van der Waals surface area contributed by atoms with Gasteiger partial charge in [-0.15, -0.1) is 0 Å². The Morgan fingerprint density at radius 3 is 2.93 bits per heavy atom. The van der Waals surface area contributed by atoms with Gasteiger partial charge < -0.3 is 9.88 Å². The van der Waals surface area contributed by atoms with Crippen molar-refractivity contribution < 1.29 is 4.79 Å². The number of carbonyl (C=O) groups excluding carboxylic acids is 1. The van der Waals surface area contributed by atoms with Crippen LogP contribution in [0, 0.1) is 6.92 Å². The Balaban J connectivity index is 2.52. The summed E-state index contributed by atoms with van der Waals surface area (Å²) >= 11 is 2.82. The van der Waals surface area contributed by atoms with Crippen LogP contribution in [0.4, 0.5) is 10.5 Å². The van der Waals surface area contributed by atoms with Gasteiger partial charge in [0, 0.05) is 28.7 Å². The normalized spacial score (nSPS) is 10.6. The van der Waals surface area contributed by atoms with E-state index >= 15 is 0 Å². The van der Waals surface area contributed by atoms with Crippen LogP contribution < -0.4 is 5.32 Å². The molecule has 5 heteroatoms. The average Bonchev–Trinajstić information content (AvgIpc) is 2.41. The first-order valence-corrected chi connectivity index (χ1v) is 5.27. The molecule has 1 aromatic carbocycles. The van der Waals surface area contributed by atoms with Crippen LogP contribution in [0.5, 0.6) is 0 Å². The Morgan fingerprint density at radius 1 is 1.53 bits per heavy atom. The lowest BCUT2D eigenvalue weighted by Gasteiger charge is -2.00. The van der Waals surface area contributed by atoms with Crippen molar-refractivity contribution in [2.24, 2.45) is 7.05 Å². The molecule has 0 aliphatic rings. The lowest BCUT2D eigenvalue weighted by molar-refractivity contribution is 0.270. The summed E-state index contributed by atoms with van der Waals surface area (Å²) in [6.45, 7) is 1.95. The summed E-state index contributed by atoms with van der Waals surface area (Å²) in [6, 6.07) is 5.64. The summed E-state index contributed by atoms with van der Waals surface area (Å²) in [7, 11) is 1.97. The number of aromatic nitrogens is 2. The molecule has 0 unspecified atom stereocenters. The topological polar surface area (TPSA) is 46.9 Å². The van der Waals surface area contributed by atoms with Crippen LogP contribution in [0.2, 0.25) is 0 Å². The van der Waals surface area contributed by atoms with Gasteiger partial charge in [-0.25, -0.2) is 4.98 Å². The number of imidazole rings is 1. The van der Waals surface area contributed by atoms with E-state index in [2.05, 4.69) is 26.2 Å². The number of hydrogen-bond acceptors (Lipinski definition) is 2. The second-order valence-electron chi connectivity index (χ2n) is 3.32. The number of nitrogens with one attached hydrogen (secondary N) is 1. The second kappa shape index (κ2) is 3.66. The van der Waals surface area contributed by atoms with Gasteiger partial charge in [0.05, 0.1) is 11.0 Å². The number of aryl methyl sites for hydroxylation is 2. The van der Waals surface area contributed by atoms with Gasteiger partial charge >= 0.3 is 0 Å². The highest BCUT2D eigenvalue weighted by atomic mass is 79.9. The molecule has 1 heterocycles. The molecule has 0 aliphatic carbocycles. The van der Waals surface area contributed by atoms with Gasteiger partial charge in [0.15, 0.2) is 0 Å². The smallest absolute Gasteiger partial charge is 0.291 e. The molecule has 0 fully saturated rings. The molecule has 0 aliphatic heterocycles. The zero-order valence-electron chi connectivity index (χ0n) is 8.41. The molecular weight excluding hydrogens is 258 g/mol. The third kappa shape index (κ3) is 1.87. The Bertz CT molecular complexity index is 533. The molecule has 0 saturated carbocycles. The third-order valence-corrected chi connectivity index (χ3v) is 2.55. The molecule has 78 valence electrons. The van der Waals surface area contributed by atoms with Crippen molar-refractivity contribution in [1.29, 1.82) is 0 Å². The molecule has 0 saturated heterocycles. The van der Waals surface area contributed by atoms with Crippen molar-refractivity contribution in [3.8, 4) is 0 Å². The molecular formula is C10H10BrN3O. The van der Waals surface area contributed by atoms with Gasteiger partial charge in [0.2, 0.25) is 0 Å². The fourth-order valence-corrected chi connectivity index (χ4v) is 1.74. The molecule has 2 aromatic rings. The zero-order chi connectivity index (χ0) is 11.0. The minimum atomic E-state index is -0.255. The Morgan fingerprint density at radius 2 is 2.27 bits per heavy atom. The van der Waals surface area contributed by atoms with E-state index in [1.807, 2.05) is 36.7 Å². The predicted molar refractivity (Wildman–Crippen MR) is 63.4 cm³/mol. The summed E-state index contributed by atoms with van der Waals surface area (Å²) in [4.78, 5) is 14.9. The summed E-state index contributed by atoms with van der Waals surface area (Å²) < 4.78 is 2.01. The van der Waals surface area contributed by atoms with E-state index in [4.69, 9.17) is 0 Å². The van der Waals surface area contributed by atoms with Gasteiger partial charge in [-0.1, -0.05) is 0 Å². The maximum absolute atomic E-state index is 10.8. The van der Waals surface area contributed by atoms with Crippen molar-refractivity contribution in [3.63, 3.8) is 0 Å². The van der Waals surface area contributed by atoms with Crippen LogP contribution in [0.3, 0.4) is 0 Å². The van der Waals surface area contributed by atoms with E-state index in [0.29, 0.717) is 0 Å².